The summed E-state index contributed by atoms with van der Waals surface area (Å²) in [5.74, 6) is 0.588. The first kappa shape index (κ1) is 24.6. The highest BCUT2D eigenvalue weighted by Gasteiger charge is 2.17. The molecule has 9 nitrogen and oxygen atoms in total. The van der Waals surface area contributed by atoms with Gasteiger partial charge in [0.1, 0.15) is 17.9 Å². The van der Waals surface area contributed by atoms with Crippen molar-refractivity contribution in [1.29, 1.82) is 0 Å². The van der Waals surface area contributed by atoms with E-state index in [0.29, 0.717) is 42.5 Å². The topological polar surface area (TPSA) is 128 Å². The molecule has 0 bridgehead atoms. The van der Waals surface area contributed by atoms with E-state index in [1.807, 2.05) is 17.9 Å². The molecule has 1 aliphatic heterocycles. The van der Waals surface area contributed by atoms with E-state index in [1.54, 1.807) is 24.3 Å². The van der Waals surface area contributed by atoms with E-state index in [0.717, 1.165) is 24.2 Å². The van der Waals surface area contributed by atoms with Crippen LogP contribution in [0.3, 0.4) is 0 Å². The zero-order chi connectivity index (χ0) is 23.8. The predicted octanol–water partition coefficient (Wildman–Crippen LogP) is 3.10. The number of aryl methyl sites for hydroxylation is 1. The van der Waals surface area contributed by atoms with E-state index in [9.17, 15) is 12.8 Å². The molecular formula is C22H26FN3O6S. The van der Waals surface area contributed by atoms with Crippen LogP contribution in [-0.2, 0) is 14.9 Å². The summed E-state index contributed by atoms with van der Waals surface area (Å²) in [6, 6.07) is 11.9. The number of fused-ring (bicyclic) bond motifs is 1. The molecule has 3 N–H and O–H groups in total. The monoisotopic (exact) mass is 479 g/mol. The van der Waals surface area contributed by atoms with E-state index in [1.165, 1.54) is 12.1 Å². The minimum atomic E-state index is -4.02. The molecule has 1 aromatic heterocycles. The number of benzene rings is 2. The molecule has 178 valence electrons. The molecule has 1 aliphatic rings. The smallest absolute Gasteiger partial charge is 0.298 e. The van der Waals surface area contributed by atoms with Crippen LogP contribution in [0.1, 0.15) is 5.56 Å². The third-order valence-corrected chi connectivity index (χ3v) is 5.66. The maximum Gasteiger partial charge on any atom is 0.298 e. The summed E-state index contributed by atoms with van der Waals surface area (Å²) in [5, 5.41) is 0. The van der Waals surface area contributed by atoms with Crippen molar-refractivity contribution in [2.24, 2.45) is 5.73 Å². The maximum atomic E-state index is 12.5. The molecule has 0 spiro atoms. The third-order valence-electron chi connectivity index (χ3n) is 4.79. The predicted molar refractivity (Wildman–Crippen MR) is 122 cm³/mol. The van der Waals surface area contributed by atoms with Crippen LogP contribution >= 0.6 is 0 Å². The zero-order valence-corrected chi connectivity index (χ0v) is 18.9. The number of morpholine rings is 1. The third kappa shape index (κ3) is 6.99. The Morgan fingerprint density at radius 1 is 1.24 bits per heavy atom. The molecular weight excluding hydrogens is 453 g/mol. The Bertz CT molecular complexity index is 1190. The number of oxazole rings is 1. The number of aromatic nitrogens is 1. The Kier molecular flexibility index (Phi) is 8.39. The van der Waals surface area contributed by atoms with Gasteiger partial charge in [0.2, 0.25) is 0 Å². The van der Waals surface area contributed by atoms with Crippen molar-refractivity contribution in [3.63, 3.8) is 0 Å². The molecule has 11 heteroatoms. The number of anilines is 1. The van der Waals surface area contributed by atoms with Crippen molar-refractivity contribution in [2.45, 2.75) is 11.8 Å². The van der Waals surface area contributed by atoms with Gasteiger partial charge in [-0.15, -0.1) is 0 Å². The molecule has 2 aromatic carbocycles. The lowest BCUT2D eigenvalue weighted by atomic mass is 10.2. The molecule has 0 atom stereocenters. The average Bonchev–Trinajstić information content (AvgIpc) is 3.24. The van der Waals surface area contributed by atoms with E-state index < -0.39 is 10.1 Å². The van der Waals surface area contributed by atoms with Gasteiger partial charge in [-0.05, 0) is 31.2 Å². The van der Waals surface area contributed by atoms with Crippen molar-refractivity contribution < 1.29 is 31.3 Å². The second-order valence-electron chi connectivity index (χ2n) is 7.27. The molecule has 0 aliphatic carbocycles. The molecule has 33 heavy (non-hydrogen) atoms. The van der Waals surface area contributed by atoms with Crippen LogP contribution in [-0.4, -0.2) is 57.4 Å². The van der Waals surface area contributed by atoms with E-state index in [4.69, 9.17) is 24.2 Å². The lowest BCUT2D eigenvalue weighted by Gasteiger charge is -2.24. The summed E-state index contributed by atoms with van der Waals surface area (Å²) >= 11 is 0. The highest BCUT2D eigenvalue weighted by atomic mass is 32.2. The number of halogens is 1. The van der Waals surface area contributed by atoms with Crippen molar-refractivity contribution in [3.05, 3.63) is 59.9 Å². The van der Waals surface area contributed by atoms with Crippen LogP contribution in [0, 0.1) is 6.92 Å². The van der Waals surface area contributed by atoms with Crippen LogP contribution in [0.15, 0.2) is 63.7 Å². The Labute approximate surface area is 191 Å². The van der Waals surface area contributed by atoms with Gasteiger partial charge >= 0.3 is 0 Å². The molecule has 0 saturated carbocycles. The number of nitrogens with zero attached hydrogens (tertiary/aromatic N) is 2. The lowest BCUT2D eigenvalue weighted by molar-refractivity contribution is 0.120. The summed E-state index contributed by atoms with van der Waals surface area (Å²) in [4.78, 5) is 6.44. The zero-order valence-electron chi connectivity index (χ0n) is 18.1. The normalized spacial score (nSPS) is 14.7. The van der Waals surface area contributed by atoms with Gasteiger partial charge in [0.15, 0.2) is 5.58 Å². The van der Waals surface area contributed by atoms with Crippen molar-refractivity contribution in [1.82, 2.24) is 4.98 Å². The average molecular weight is 480 g/mol. The molecule has 0 unspecified atom stereocenters. The van der Waals surface area contributed by atoms with Crippen molar-refractivity contribution in [3.8, 4) is 5.75 Å². The summed E-state index contributed by atoms with van der Waals surface area (Å²) in [5.41, 5.74) is 8.14. The summed E-state index contributed by atoms with van der Waals surface area (Å²) in [6.45, 7) is 4.95. The second kappa shape index (κ2) is 11.2. The number of rotatable bonds is 6. The fourth-order valence-electron chi connectivity index (χ4n) is 2.89. The second-order valence-corrected chi connectivity index (χ2v) is 8.70. The van der Waals surface area contributed by atoms with E-state index >= 15 is 0 Å². The Hall–Kier alpha value is -2.99. The fraction of sp³-hybridized carbons (Fsp3) is 0.318. The van der Waals surface area contributed by atoms with Gasteiger partial charge in [0, 0.05) is 31.3 Å². The number of hydrogen-bond donors (Lipinski definition) is 2. The van der Waals surface area contributed by atoms with Gasteiger partial charge < -0.3 is 24.5 Å². The maximum absolute atomic E-state index is 12.5. The minimum absolute atomic E-state index is 0.0666. The highest BCUT2D eigenvalue weighted by molar-refractivity contribution is 7.85. The first-order chi connectivity index (χ1) is 15.8. The highest BCUT2D eigenvalue weighted by Crippen LogP contribution is 2.26. The Morgan fingerprint density at radius 2 is 1.94 bits per heavy atom. The summed E-state index contributed by atoms with van der Waals surface area (Å²) < 4.78 is 58.6. The Balaban J connectivity index is 0.000000235. The van der Waals surface area contributed by atoms with Gasteiger partial charge in [-0.2, -0.15) is 13.4 Å². The fourth-order valence-corrected chi connectivity index (χ4v) is 3.37. The van der Waals surface area contributed by atoms with Crippen LogP contribution < -0.4 is 15.4 Å². The largest absolute Gasteiger partial charge is 0.489 e. The lowest BCUT2D eigenvalue weighted by Crippen LogP contribution is -2.36. The van der Waals surface area contributed by atoms with Gasteiger partial charge in [-0.1, -0.05) is 17.7 Å². The summed E-state index contributed by atoms with van der Waals surface area (Å²) in [6.07, 6.45) is 0.476. The van der Waals surface area contributed by atoms with Gasteiger partial charge in [-0.25, -0.2) is 4.39 Å². The standard InChI is InChI=1S/C15H18FN3O3.C7H8O3S/c16-8-11(9-17)10-21-12-1-2-13-14(7-12)22-15(18-13)19-3-5-20-6-4-19;1-6-2-4-7(5-3-6)11(8,9)10/h1-2,7-8H,3-6,9-10,17H2;2-5H,1H3,(H,8,9,10)/b11-8-;. The number of hydrogen-bond acceptors (Lipinski definition) is 8. The van der Waals surface area contributed by atoms with Crippen molar-refractivity contribution in [2.75, 3.05) is 44.4 Å². The Morgan fingerprint density at radius 3 is 2.55 bits per heavy atom. The molecule has 1 fully saturated rings. The van der Waals surface area contributed by atoms with Crippen LogP contribution in [0.4, 0.5) is 10.4 Å². The first-order valence-electron chi connectivity index (χ1n) is 10.2. The van der Waals surface area contributed by atoms with E-state index in [-0.39, 0.29) is 18.0 Å². The first-order valence-corrected chi connectivity index (χ1v) is 11.6. The number of ether oxygens (including phenoxy) is 2. The minimum Gasteiger partial charge on any atom is -0.489 e. The van der Waals surface area contributed by atoms with Gasteiger partial charge in [0.25, 0.3) is 16.1 Å². The van der Waals surface area contributed by atoms with Crippen LogP contribution in [0.25, 0.3) is 11.1 Å². The molecule has 0 amide bonds. The molecule has 1 saturated heterocycles. The number of nitrogens with two attached hydrogens (primary N) is 1. The van der Waals surface area contributed by atoms with Crippen molar-refractivity contribution >= 4 is 27.2 Å². The van der Waals surface area contributed by atoms with E-state index in [2.05, 4.69) is 4.98 Å². The SMILES string of the molecule is Cc1ccc(S(=O)(=O)O)cc1.NC/C(=C/F)COc1ccc2nc(N3CCOCC3)oc2c1. The molecule has 0 radical (unpaired) electrons. The van der Waals surface area contributed by atoms with Gasteiger partial charge in [0.05, 0.1) is 24.4 Å². The molecule has 4 rings (SSSR count). The van der Waals surface area contributed by atoms with Gasteiger partial charge in [-0.3, -0.25) is 4.55 Å². The summed E-state index contributed by atoms with van der Waals surface area (Å²) in [7, 11) is -4.02. The quantitative estimate of drug-likeness (QED) is 0.513. The molecule has 3 aromatic rings. The molecule has 2 heterocycles. The van der Waals surface area contributed by atoms with Crippen LogP contribution in [0.2, 0.25) is 0 Å². The van der Waals surface area contributed by atoms with Crippen LogP contribution in [0.5, 0.6) is 5.75 Å².